The lowest BCUT2D eigenvalue weighted by molar-refractivity contribution is 0.673. The van der Waals surface area contributed by atoms with Crippen LogP contribution >= 0.6 is 0 Å². The van der Waals surface area contributed by atoms with Gasteiger partial charge in [-0.05, 0) is 111 Å². The van der Waals surface area contributed by atoms with Crippen molar-refractivity contribution in [1.29, 1.82) is 0 Å². The van der Waals surface area contributed by atoms with E-state index >= 15 is 0 Å². The Morgan fingerprint density at radius 2 is 0.878 bits per heavy atom. The molecule has 0 spiro atoms. The predicted octanol–water partition coefficient (Wildman–Crippen LogP) is 13.9. The zero-order valence-electron chi connectivity index (χ0n) is 26.4. The maximum Gasteiger partial charge on any atom is 0.143 e. The molecule has 0 saturated carbocycles. The van der Waals surface area contributed by atoms with Crippen molar-refractivity contribution in [3.8, 4) is 22.3 Å². The molecule has 1 heterocycles. The van der Waals surface area contributed by atoms with Crippen LogP contribution in [0.1, 0.15) is 0 Å². The lowest BCUT2D eigenvalue weighted by Gasteiger charge is -2.16. The number of fused-ring (bicyclic) bond motifs is 6. The van der Waals surface area contributed by atoms with Gasteiger partial charge in [-0.25, -0.2) is 0 Å². The van der Waals surface area contributed by atoms with Gasteiger partial charge in [0.25, 0.3) is 0 Å². The van der Waals surface area contributed by atoms with Gasteiger partial charge in [-0.15, -0.1) is 0 Å². The van der Waals surface area contributed by atoms with Crippen LogP contribution in [-0.4, -0.2) is 0 Å². The zero-order chi connectivity index (χ0) is 31.8. The van der Waals surface area contributed by atoms with Crippen molar-refractivity contribution in [3.05, 3.63) is 158 Å². The number of benzene rings is 11. The quantitative estimate of drug-likeness (QED) is 0.176. The molecular weight excluding hydrogens is 593 g/mol. The molecule has 0 atom stereocenters. The van der Waals surface area contributed by atoms with Crippen LogP contribution in [0.3, 0.4) is 0 Å². The molecule has 49 heavy (non-hydrogen) atoms. The second-order valence-corrected chi connectivity index (χ2v) is 13.6. The molecule has 1 nitrogen and oxygen atoms in total. The highest BCUT2D eigenvalue weighted by atomic mass is 16.3. The van der Waals surface area contributed by atoms with Gasteiger partial charge in [0, 0.05) is 21.5 Å². The lowest BCUT2D eigenvalue weighted by Crippen LogP contribution is -1.89. The number of hydrogen-bond acceptors (Lipinski definition) is 1. The van der Waals surface area contributed by atoms with Crippen molar-refractivity contribution in [1.82, 2.24) is 0 Å². The van der Waals surface area contributed by atoms with Crippen molar-refractivity contribution in [2.45, 2.75) is 0 Å². The summed E-state index contributed by atoms with van der Waals surface area (Å²) < 4.78 is 6.96. The normalized spacial score (nSPS) is 12.5. The van der Waals surface area contributed by atoms with Crippen LogP contribution in [0.5, 0.6) is 0 Å². The van der Waals surface area contributed by atoms with Gasteiger partial charge in [-0.3, -0.25) is 0 Å². The Labute approximate surface area is 280 Å². The molecule has 0 radical (unpaired) electrons. The van der Waals surface area contributed by atoms with Gasteiger partial charge in [0.15, 0.2) is 0 Å². The first-order chi connectivity index (χ1) is 24.3. The van der Waals surface area contributed by atoms with E-state index in [0.717, 1.165) is 16.6 Å². The molecule has 224 valence electrons. The summed E-state index contributed by atoms with van der Waals surface area (Å²) in [5.41, 5.74) is 6.77. The highest BCUT2D eigenvalue weighted by molar-refractivity contribution is 6.38. The maximum absolute atomic E-state index is 6.96. The molecule has 1 aromatic heterocycles. The predicted molar refractivity (Wildman–Crippen MR) is 210 cm³/mol. The van der Waals surface area contributed by atoms with E-state index in [9.17, 15) is 0 Å². The Kier molecular flexibility index (Phi) is 4.77. The maximum atomic E-state index is 6.96. The number of hydrogen-bond donors (Lipinski definition) is 0. The van der Waals surface area contributed by atoms with E-state index in [-0.39, 0.29) is 0 Å². The first-order valence-corrected chi connectivity index (χ1v) is 17.0. The van der Waals surface area contributed by atoms with Crippen molar-refractivity contribution in [2.24, 2.45) is 0 Å². The minimum atomic E-state index is 0.921. The fourth-order valence-electron chi connectivity index (χ4n) is 8.95. The van der Waals surface area contributed by atoms with E-state index in [1.165, 1.54) is 103 Å². The standard InChI is InChI=1S/C48H26O/c1-2-7-31-24-32(17-14-27(31)6-1)41-25-34-10-4-12-39-45(34)46-36(41)11-5-13-40(46)48-47(39)38-23-20-33(26-42(38)49-48)35-21-18-30-16-15-28-8-3-9-29-19-22-37(35)44(30)43(28)29/h1-26H. The summed E-state index contributed by atoms with van der Waals surface area (Å²) in [6.45, 7) is 0. The Morgan fingerprint density at radius 3 is 1.80 bits per heavy atom. The summed E-state index contributed by atoms with van der Waals surface area (Å²) in [5.74, 6) is 0. The minimum Gasteiger partial charge on any atom is -0.455 e. The molecular formula is C48H26O. The van der Waals surface area contributed by atoms with Gasteiger partial charge in [0.1, 0.15) is 11.2 Å². The van der Waals surface area contributed by atoms with Crippen LogP contribution in [-0.2, 0) is 0 Å². The number of furan rings is 1. The Morgan fingerprint density at radius 1 is 0.286 bits per heavy atom. The fourth-order valence-corrected chi connectivity index (χ4v) is 8.95. The van der Waals surface area contributed by atoms with Gasteiger partial charge in [0.05, 0.1) is 0 Å². The summed E-state index contributed by atoms with van der Waals surface area (Å²) in [4.78, 5) is 0. The summed E-state index contributed by atoms with van der Waals surface area (Å²) in [7, 11) is 0. The van der Waals surface area contributed by atoms with E-state index in [1.807, 2.05) is 0 Å². The van der Waals surface area contributed by atoms with Crippen molar-refractivity contribution < 1.29 is 4.42 Å². The van der Waals surface area contributed by atoms with Crippen molar-refractivity contribution in [3.63, 3.8) is 0 Å². The largest absolute Gasteiger partial charge is 0.455 e. The summed E-state index contributed by atoms with van der Waals surface area (Å²) >= 11 is 0. The van der Waals surface area contributed by atoms with Crippen molar-refractivity contribution in [2.75, 3.05) is 0 Å². The van der Waals surface area contributed by atoms with Crippen LogP contribution in [0.15, 0.2) is 162 Å². The van der Waals surface area contributed by atoms with Crippen LogP contribution in [0.4, 0.5) is 0 Å². The lowest BCUT2D eigenvalue weighted by atomic mass is 9.86. The SMILES string of the molecule is c1ccc2cc(-c3cc4cccc5c6c7ccc(-c8ccc9ccc%10cccc%11ccc8c9c%10%11)cc7oc6c6cccc3c6c45)ccc2c1. The highest BCUT2D eigenvalue weighted by Crippen LogP contribution is 2.48. The Balaban J connectivity index is 1.14. The molecule has 1 heteroatoms. The molecule has 12 aromatic rings. The first-order valence-electron chi connectivity index (χ1n) is 17.0. The molecule has 0 N–H and O–H groups in total. The summed E-state index contributed by atoms with van der Waals surface area (Å²) in [6.07, 6.45) is 0. The molecule has 0 aliphatic heterocycles. The van der Waals surface area contributed by atoms with E-state index in [1.54, 1.807) is 0 Å². The summed E-state index contributed by atoms with van der Waals surface area (Å²) in [6, 6.07) is 58.3. The van der Waals surface area contributed by atoms with Gasteiger partial charge >= 0.3 is 0 Å². The Hall–Kier alpha value is -6.44. The molecule has 0 aliphatic carbocycles. The van der Waals surface area contributed by atoms with E-state index < -0.39 is 0 Å². The average molecular weight is 619 g/mol. The summed E-state index contributed by atoms with van der Waals surface area (Å²) in [5, 5.41) is 20.2. The van der Waals surface area contributed by atoms with Crippen LogP contribution < -0.4 is 0 Å². The second kappa shape index (κ2) is 9.13. The topological polar surface area (TPSA) is 13.1 Å². The average Bonchev–Trinajstić information content (AvgIpc) is 3.55. The van der Waals surface area contributed by atoms with Crippen LogP contribution in [0.25, 0.3) is 120 Å². The van der Waals surface area contributed by atoms with Crippen LogP contribution in [0.2, 0.25) is 0 Å². The minimum absolute atomic E-state index is 0.921. The molecule has 0 amide bonds. The molecule has 11 aromatic carbocycles. The van der Waals surface area contributed by atoms with E-state index in [4.69, 9.17) is 4.42 Å². The molecule has 0 fully saturated rings. The van der Waals surface area contributed by atoms with Gasteiger partial charge < -0.3 is 4.42 Å². The number of rotatable bonds is 2. The van der Waals surface area contributed by atoms with E-state index in [0.29, 0.717) is 0 Å². The van der Waals surface area contributed by atoms with Gasteiger partial charge in [0.2, 0.25) is 0 Å². The fraction of sp³-hybridized carbons (Fsp3) is 0. The smallest absolute Gasteiger partial charge is 0.143 e. The van der Waals surface area contributed by atoms with Crippen molar-refractivity contribution >= 4 is 97.3 Å². The van der Waals surface area contributed by atoms with E-state index in [2.05, 4.69) is 158 Å². The molecule has 0 unspecified atom stereocenters. The Bertz CT molecular complexity index is 3310. The zero-order valence-corrected chi connectivity index (χ0v) is 26.4. The third-order valence-electron chi connectivity index (χ3n) is 11.1. The third-order valence-corrected chi connectivity index (χ3v) is 11.1. The molecule has 0 saturated heterocycles. The second-order valence-electron chi connectivity index (χ2n) is 13.6. The molecule has 12 rings (SSSR count). The highest BCUT2D eigenvalue weighted by Gasteiger charge is 2.21. The van der Waals surface area contributed by atoms with Crippen LogP contribution in [0, 0.1) is 0 Å². The molecule has 0 aliphatic rings. The van der Waals surface area contributed by atoms with Gasteiger partial charge in [-0.1, -0.05) is 133 Å². The first kappa shape index (κ1) is 25.6. The molecule has 0 bridgehead atoms. The monoisotopic (exact) mass is 618 g/mol. The third kappa shape index (κ3) is 3.34. The van der Waals surface area contributed by atoms with Gasteiger partial charge in [-0.2, -0.15) is 0 Å².